The fourth-order valence-corrected chi connectivity index (χ4v) is 2.30. The second-order valence-electron chi connectivity index (χ2n) is 5.26. The molecule has 0 saturated heterocycles. The summed E-state index contributed by atoms with van der Waals surface area (Å²) in [6.07, 6.45) is 8.10. The van der Waals surface area contributed by atoms with Gasteiger partial charge in [0.15, 0.2) is 0 Å². The van der Waals surface area contributed by atoms with Crippen LogP contribution in [0, 0.1) is 6.92 Å². The van der Waals surface area contributed by atoms with Crippen molar-refractivity contribution in [1.29, 1.82) is 0 Å². The Bertz CT molecular complexity index is 349. The maximum Gasteiger partial charge on any atom is 0.123 e. The van der Waals surface area contributed by atoms with Crippen molar-refractivity contribution in [2.45, 2.75) is 58.9 Å². The minimum atomic E-state index is 0.903. The molecule has 1 aromatic rings. The summed E-state index contributed by atoms with van der Waals surface area (Å²) < 4.78 is 5.38. The molecule has 0 saturated carbocycles. The third-order valence-electron chi connectivity index (χ3n) is 3.46. The number of ether oxygens (including phenoxy) is 1. The third kappa shape index (κ3) is 6.63. The topological polar surface area (TPSA) is 21.3 Å². The Morgan fingerprint density at radius 2 is 1.79 bits per heavy atom. The first-order chi connectivity index (χ1) is 9.27. The fraction of sp³-hybridized carbons (Fsp3) is 0.647. The Hall–Kier alpha value is -1.02. The molecule has 0 aromatic heterocycles. The molecule has 0 bridgehead atoms. The Morgan fingerprint density at radius 3 is 2.53 bits per heavy atom. The lowest BCUT2D eigenvalue weighted by Crippen LogP contribution is -2.15. The summed E-state index contributed by atoms with van der Waals surface area (Å²) >= 11 is 0. The van der Waals surface area contributed by atoms with Crippen molar-refractivity contribution >= 4 is 0 Å². The van der Waals surface area contributed by atoms with E-state index in [1.54, 1.807) is 7.11 Å². The lowest BCUT2D eigenvalue weighted by Gasteiger charge is -2.10. The second kappa shape index (κ2) is 9.85. The van der Waals surface area contributed by atoms with Crippen LogP contribution >= 0.6 is 0 Å². The summed E-state index contributed by atoms with van der Waals surface area (Å²) in [5.41, 5.74) is 2.55. The van der Waals surface area contributed by atoms with Crippen molar-refractivity contribution < 1.29 is 4.74 Å². The van der Waals surface area contributed by atoms with Gasteiger partial charge in [-0.05, 0) is 26.0 Å². The molecule has 1 rings (SSSR count). The molecule has 19 heavy (non-hydrogen) atoms. The molecule has 0 fully saturated rings. The first kappa shape index (κ1) is 16.0. The molecular weight excluding hydrogens is 234 g/mol. The smallest absolute Gasteiger partial charge is 0.123 e. The summed E-state index contributed by atoms with van der Waals surface area (Å²) in [5, 5.41) is 3.51. The monoisotopic (exact) mass is 263 g/mol. The number of rotatable bonds is 10. The molecule has 2 heteroatoms. The highest BCUT2D eigenvalue weighted by Crippen LogP contribution is 2.19. The number of aryl methyl sites for hydroxylation is 1. The van der Waals surface area contributed by atoms with Gasteiger partial charge < -0.3 is 10.1 Å². The largest absolute Gasteiger partial charge is 0.496 e. The van der Waals surface area contributed by atoms with Crippen LogP contribution in [0.4, 0.5) is 0 Å². The van der Waals surface area contributed by atoms with Gasteiger partial charge in [-0.2, -0.15) is 0 Å². The Balaban J connectivity index is 2.17. The van der Waals surface area contributed by atoms with E-state index in [1.165, 1.54) is 49.7 Å². The molecule has 0 spiro atoms. The molecule has 108 valence electrons. The van der Waals surface area contributed by atoms with Gasteiger partial charge >= 0.3 is 0 Å². The molecular formula is C17H29NO. The minimum Gasteiger partial charge on any atom is -0.496 e. The summed E-state index contributed by atoms with van der Waals surface area (Å²) in [6.45, 7) is 6.39. The molecule has 0 atom stereocenters. The van der Waals surface area contributed by atoms with Gasteiger partial charge in [-0.25, -0.2) is 0 Å². The number of hydrogen-bond donors (Lipinski definition) is 1. The Morgan fingerprint density at radius 1 is 1.05 bits per heavy atom. The van der Waals surface area contributed by atoms with E-state index < -0.39 is 0 Å². The van der Waals surface area contributed by atoms with E-state index >= 15 is 0 Å². The number of methoxy groups -OCH3 is 1. The highest BCUT2D eigenvalue weighted by molar-refractivity contribution is 5.36. The summed E-state index contributed by atoms with van der Waals surface area (Å²) in [7, 11) is 1.74. The number of hydrogen-bond acceptors (Lipinski definition) is 2. The van der Waals surface area contributed by atoms with Crippen LogP contribution in [0.25, 0.3) is 0 Å². The second-order valence-corrected chi connectivity index (χ2v) is 5.26. The van der Waals surface area contributed by atoms with Gasteiger partial charge in [0.2, 0.25) is 0 Å². The number of unbranched alkanes of at least 4 members (excludes halogenated alkanes) is 5. The lowest BCUT2D eigenvalue weighted by atomic mass is 10.1. The first-order valence-corrected chi connectivity index (χ1v) is 7.62. The fourth-order valence-electron chi connectivity index (χ4n) is 2.30. The zero-order valence-electron chi connectivity index (χ0n) is 12.8. The molecule has 0 aliphatic rings. The zero-order valence-corrected chi connectivity index (χ0v) is 12.8. The minimum absolute atomic E-state index is 0.903. The molecule has 1 N–H and O–H groups in total. The molecule has 0 heterocycles. The Kier molecular flexibility index (Phi) is 8.31. The highest BCUT2D eigenvalue weighted by Gasteiger charge is 2.02. The van der Waals surface area contributed by atoms with Gasteiger partial charge in [0, 0.05) is 12.1 Å². The predicted octanol–water partition coefficient (Wildman–Crippen LogP) is 4.45. The van der Waals surface area contributed by atoms with Gasteiger partial charge in [0.25, 0.3) is 0 Å². The average molecular weight is 263 g/mol. The highest BCUT2D eigenvalue weighted by atomic mass is 16.5. The number of benzene rings is 1. The van der Waals surface area contributed by atoms with E-state index in [0.29, 0.717) is 0 Å². The third-order valence-corrected chi connectivity index (χ3v) is 3.46. The van der Waals surface area contributed by atoms with E-state index in [-0.39, 0.29) is 0 Å². The van der Waals surface area contributed by atoms with Gasteiger partial charge in [-0.3, -0.25) is 0 Å². The first-order valence-electron chi connectivity index (χ1n) is 7.62. The number of nitrogens with one attached hydrogen (secondary N) is 1. The molecule has 0 amide bonds. The lowest BCUT2D eigenvalue weighted by molar-refractivity contribution is 0.407. The van der Waals surface area contributed by atoms with E-state index in [4.69, 9.17) is 4.74 Å². The average Bonchev–Trinajstić information content (AvgIpc) is 2.42. The van der Waals surface area contributed by atoms with Gasteiger partial charge in [-0.1, -0.05) is 56.7 Å². The summed E-state index contributed by atoms with van der Waals surface area (Å²) in [6, 6.07) is 6.35. The van der Waals surface area contributed by atoms with E-state index in [1.807, 2.05) is 0 Å². The maximum absolute atomic E-state index is 5.38. The van der Waals surface area contributed by atoms with Crippen LogP contribution in [0.3, 0.4) is 0 Å². The summed E-state index contributed by atoms with van der Waals surface area (Å²) in [4.78, 5) is 0. The van der Waals surface area contributed by atoms with Gasteiger partial charge in [0.1, 0.15) is 5.75 Å². The van der Waals surface area contributed by atoms with Crippen LogP contribution in [0.15, 0.2) is 18.2 Å². The molecule has 0 unspecified atom stereocenters. The van der Waals surface area contributed by atoms with E-state index in [2.05, 4.69) is 37.4 Å². The van der Waals surface area contributed by atoms with Crippen molar-refractivity contribution in [2.75, 3.05) is 13.7 Å². The predicted molar refractivity (Wildman–Crippen MR) is 82.8 cm³/mol. The van der Waals surface area contributed by atoms with Crippen molar-refractivity contribution in [2.24, 2.45) is 0 Å². The molecule has 0 radical (unpaired) electrons. The van der Waals surface area contributed by atoms with E-state index in [9.17, 15) is 0 Å². The van der Waals surface area contributed by atoms with Crippen molar-refractivity contribution in [1.82, 2.24) is 5.32 Å². The van der Waals surface area contributed by atoms with Crippen LogP contribution in [0.5, 0.6) is 5.75 Å². The van der Waals surface area contributed by atoms with Gasteiger partial charge in [-0.15, -0.1) is 0 Å². The normalized spacial score (nSPS) is 10.7. The van der Waals surface area contributed by atoms with Gasteiger partial charge in [0.05, 0.1) is 7.11 Å². The van der Waals surface area contributed by atoms with Crippen LogP contribution in [0.2, 0.25) is 0 Å². The zero-order chi connectivity index (χ0) is 13.9. The SMILES string of the molecule is CCCCCCCCNCc1cc(C)ccc1OC. The standard InChI is InChI=1S/C17H29NO/c1-4-5-6-7-8-9-12-18-14-16-13-15(2)10-11-17(16)19-3/h10-11,13,18H,4-9,12,14H2,1-3H3. The Labute approximate surface area is 118 Å². The quantitative estimate of drug-likeness (QED) is 0.630. The van der Waals surface area contributed by atoms with Crippen molar-refractivity contribution in [3.8, 4) is 5.75 Å². The molecule has 0 aliphatic carbocycles. The van der Waals surface area contributed by atoms with E-state index in [0.717, 1.165) is 18.8 Å². The molecule has 2 nitrogen and oxygen atoms in total. The summed E-state index contributed by atoms with van der Waals surface area (Å²) in [5.74, 6) is 0.987. The van der Waals surface area contributed by atoms with Crippen molar-refractivity contribution in [3.05, 3.63) is 29.3 Å². The molecule has 0 aliphatic heterocycles. The van der Waals surface area contributed by atoms with Crippen molar-refractivity contribution in [3.63, 3.8) is 0 Å². The van der Waals surface area contributed by atoms with Crippen LogP contribution in [-0.2, 0) is 6.54 Å². The molecule has 1 aromatic carbocycles. The van der Waals surface area contributed by atoms with Crippen LogP contribution in [-0.4, -0.2) is 13.7 Å². The maximum atomic E-state index is 5.38. The van der Waals surface area contributed by atoms with Crippen LogP contribution in [0.1, 0.15) is 56.6 Å². The van der Waals surface area contributed by atoms with Crippen LogP contribution < -0.4 is 10.1 Å².